The van der Waals surface area contributed by atoms with E-state index in [-0.39, 0.29) is 28.3 Å². The number of thioether (sulfide) groups is 1. The first-order valence-corrected chi connectivity index (χ1v) is 11.0. The van der Waals surface area contributed by atoms with Crippen molar-refractivity contribution in [1.29, 1.82) is 0 Å². The number of nitrogens with zero attached hydrogens (tertiary/aromatic N) is 3. The summed E-state index contributed by atoms with van der Waals surface area (Å²) in [6.07, 6.45) is 0.879. The maximum absolute atomic E-state index is 13.3. The van der Waals surface area contributed by atoms with Gasteiger partial charge in [-0.25, -0.2) is 4.98 Å². The summed E-state index contributed by atoms with van der Waals surface area (Å²) < 4.78 is 1.51. The number of aryl methyl sites for hydroxylation is 1. The number of ketones is 1. The molecule has 0 aliphatic rings. The molecule has 1 aromatic heterocycles. The number of nitro groups is 1. The Hall–Kier alpha value is -3.78. The van der Waals surface area contributed by atoms with Gasteiger partial charge in [0.2, 0.25) is 0 Å². The molecule has 0 N–H and O–H groups in total. The zero-order valence-electron chi connectivity index (χ0n) is 17.2. The van der Waals surface area contributed by atoms with Gasteiger partial charge < -0.3 is 0 Å². The zero-order chi connectivity index (χ0) is 22.7. The molecule has 4 rings (SSSR count). The third-order valence-corrected chi connectivity index (χ3v) is 6.00. The second-order valence-corrected chi connectivity index (χ2v) is 8.03. The second kappa shape index (κ2) is 9.15. The van der Waals surface area contributed by atoms with Gasteiger partial charge in [0.15, 0.2) is 10.9 Å². The van der Waals surface area contributed by atoms with Crippen LogP contribution in [-0.2, 0) is 6.42 Å². The Morgan fingerprint density at radius 1 is 1.06 bits per heavy atom. The molecule has 0 radical (unpaired) electrons. The summed E-state index contributed by atoms with van der Waals surface area (Å²) >= 11 is 1.13. The van der Waals surface area contributed by atoms with Crippen molar-refractivity contribution in [3.8, 4) is 5.69 Å². The molecule has 32 heavy (non-hydrogen) atoms. The molecule has 0 atom stereocenters. The standard InChI is InChI=1S/C24H19N3O4S/c1-2-16-10-12-18(13-11-16)26-23(29)20-8-3-4-9-21(20)25-24(26)32-15-22(28)17-6-5-7-19(14-17)27(30)31/h3-14H,2,15H2,1H3. The first kappa shape index (κ1) is 21.5. The van der Waals surface area contributed by atoms with E-state index < -0.39 is 4.92 Å². The van der Waals surface area contributed by atoms with E-state index in [1.807, 2.05) is 24.3 Å². The molecule has 0 spiro atoms. The highest BCUT2D eigenvalue weighted by Gasteiger charge is 2.17. The number of carbonyl (C=O) groups excluding carboxylic acids is 1. The third kappa shape index (κ3) is 4.31. The number of hydrogen-bond donors (Lipinski definition) is 0. The normalized spacial score (nSPS) is 10.9. The SMILES string of the molecule is CCc1ccc(-n2c(SCC(=O)c3cccc([N+](=O)[O-])c3)nc3ccccc3c2=O)cc1. The minimum atomic E-state index is -0.535. The molecule has 160 valence electrons. The van der Waals surface area contributed by atoms with Gasteiger partial charge in [0.05, 0.1) is 27.3 Å². The van der Waals surface area contributed by atoms with E-state index in [2.05, 4.69) is 11.9 Å². The summed E-state index contributed by atoms with van der Waals surface area (Å²) in [5, 5.41) is 11.9. The van der Waals surface area contributed by atoms with Crippen LogP contribution in [0.25, 0.3) is 16.6 Å². The minimum absolute atomic E-state index is 0.0149. The van der Waals surface area contributed by atoms with Crippen LogP contribution < -0.4 is 5.56 Å². The van der Waals surface area contributed by atoms with Crippen molar-refractivity contribution in [3.63, 3.8) is 0 Å². The van der Waals surface area contributed by atoms with E-state index in [1.165, 1.54) is 22.8 Å². The Kier molecular flexibility index (Phi) is 6.13. The summed E-state index contributed by atoms with van der Waals surface area (Å²) in [5.41, 5.74) is 2.24. The molecule has 8 heteroatoms. The molecule has 4 aromatic rings. The van der Waals surface area contributed by atoms with E-state index in [1.54, 1.807) is 30.3 Å². The van der Waals surface area contributed by atoms with Gasteiger partial charge in [0.1, 0.15) is 0 Å². The number of non-ortho nitro benzene ring substituents is 1. The highest BCUT2D eigenvalue weighted by Crippen LogP contribution is 2.23. The Morgan fingerprint density at radius 3 is 2.53 bits per heavy atom. The number of fused-ring (bicyclic) bond motifs is 1. The summed E-state index contributed by atoms with van der Waals surface area (Å²) in [5.74, 6) is -0.298. The molecule has 1 heterocycles. The number of benzene rings is 3. The highest BCUT2D eigenvalue weighted by atomic mass is 32.2. The monoisotopic (exact) mass is 445 g/mol. The zero-order valence-corrected chi connectivity index (χ0v) is 18.0. The van der Waals surface area contributed by atoms with E-state index >= 15 is 0 Å². The maximum Gasteiger partial charge on any atom is 0.270 e. The average Bonchev–Trinajstić information content (AvgIpc) is 2.83. The number of carbonyl (C=O) groups is 1. The first-order valence-electron chi connectivity index (χ1n) is 9.99. The van der Waals surface area contributed by atoms with Gasteiger partial charge >= 0.3 is 0 Å². The lowest BCUT2D eigenvalue weighted by molar-refractivity contribution is -0.384. The van der Waals surface area contributed by atoms with Crippen molar-refractivity contribution in [3.05, 3.63) is 104 Å². The number of aromatic nitrogens is 2. The maximum atomic E-state index is 13.3. The second-order valence-electron chi connectivity index (χ2n) is 7.09. The molecular weight excluding hydrogens is 426 g/mol. The Bertz CT molecular complexity index is 1380. The van der Waals surface area contributed by atoms with Crippen LogP contribution in [0.1, 0.15) is 22.8 Å². The minimum Gasteiger partial charge on any atom is -0.293 e. The van der Waals surface area contributed by atoms with Crippen LogP contribution in [0.4, 0.5) is 5.69 Å². The highest BCUT2D eigenvalue weighted by molar-refractivity contribution is 7.99. The van der Waals surface area contributed by atoms with Crippen LogP contribution in [-0.4, -0.2) is 26.0 Å². The van der Waals surface area contributed by atoms with E-state index in [4.69, 9.17) is 0 Å². The van der Waals surface area contributed by atoms with Gasteiger partial charge in [-0.05, 0) is 36.2 Å². The van der Waals surface area contributed by atoms with Crippen molar-refractivity contribution in [1.82, 2.24) is 9.55 Å². The predicted molar refractivity (Wildman–Crippen MR) is 125 cm³/mol. The molecule has 0 aliphatic heterocycles. The van der Waals surface area contributed by atoms with Crippen LogP contribution in [0.5, 0.6) is 0 Å². The summed E-state index contributed by atoms with van der Waals surface area (Å²) in [6, 6.07) is 20.3. The lowest BCUT2D eigenvalue weighted by atomic mass is 10.1. The fraction of sp³-hybridized carbons (Fsp3) is 0.125. The molecular formula is C24H19N3O4S. The van der Waals surface area contributed by atoms with E-state index in [0.29, 0.717) is 21.7 Å². The van der Waals surface area contributed by atoms with Crippen molar-refractivity contribution >= 4 is 34.1 Å². The summed E-state index contributed by atoms with van der Waals surface area (Å²) in [7, 11) is 0. The fourth-order valence-corrected chi connectivity index (χ4v) is 4.23. The van der Waals surface area contributed by atoms with Gasteiger partial charge in [0.25, 0.3) is 11.2 Å². The summed E-state index contributed by atoms with van der Waals surface area (Å²) in [4.78, 5) is 41.1. The van der Waals surface area contributed by atoms with Crippen LogP contribution in [0.2, 0.25) is 0 Å². The number of para-hydroxylation sites is 1. The van der Waals surface area contributed by atoms with Crippen molar-refractivity contribution in [2.45, 2.75) is 18.5 Å². The van der Waals surface area contributed by atoms with Crippen LogP contribution in [0, 0.1) is 10.1 Å². The van der Waals surface area contributed by atoms with Gasteiger partial charge in [0, 0.05) is 17.7 Å². The fourth-order valence-electron chi connectivity index (χ4n) is 3.32. The van der Waals surface area contributed by atoms with Crippen molar-refractivity contribution in [2.75, 3.05) is 5.75 Å². The van der Waals surface area contributed by atoms with E-state index in [9.17, 15) is 19.7 Å². The van der Waals surface area contributed by atoms with Gasteiger partial charge in [-0.2, -0.15) is 0 Å². The molecule has 0 bridgehead atoms. The molecule has 0 amide bonds. The molecule has 3 aromatic carbocycles. The van der Waals surface area contributed by atoms with E-state index in [0.717, 1.165) is 23.7 Å². The average molecular weight is 446 g/mol. The first-order chi connectivity index (χ1) is 15.5. The Labute approximate surface area is 187 Å². The molecule has 0 unspecified atom stereocenters. The lowest BCUT2D eigenvalue weighted by Gasteiger charge is -2.13. The number of Topliss-reactive ketones (excluding diaryl/α,β-unsaturated/α-hetero) is 1. The topological polar surface area (TPSA) is 95.1 Å². The Morgan fingerprint density at radius 2 is 1.81 bits per heavy atom. The molecule has 7 nitrogen and oxygen atoms in total. The van der Waals surface area contributed by atoms with Gasteiger partial charge in [-0.15, -0.1) is 0 Å². The van der Waals surface area contributed by atoms with Crippen molar-refractivity contribution < 1.29 is 9.72 Å². The quantitative estimate of drug-likeness (QED) is 0.133. The molecule has 0 fully saturated rings. The van der Waals surface area contributed by atoms with Crippen molar-refractivity contribution in [2.24, 2.45) is 0 Å². The predicted octanol–water partition coefficient (Wildman–Crippen LogP) is 4.83. The van der Waals surface area contributed by atoms with Gasteiger partial charge in [-0.3, -0.25) is 24.3 Å². The smallest absolute Gasteiger partial charge is 0.270 e. The molecule has 0 aliphatic carbocycles. The van der Waals surface area contributed by atoms with Crippen LogP contribution in [0.15, 0.2) is 82.7 Å². The van der Waals surface area contributed by atoms with Crippen LogP contribution in [0.3, 0.4) is 0 Å². The Balaban J connectivity index is 1.72. The number of nitro benzene ring substituents is 1. The number of hydrogen-bond acceptors (Lipinski definition) is 6. The molecule has 0 saturated heterocycles. The summed E-state index contributed by atoms with van der Waals surface area (Å²) in [6.45, 7) is 2.06. The largest absolute Gasteiger partial charge is 0.293 e. The van der Waals surface area contributed by atoms with Gasteiger partial charge in [-0.1, -0.05) is 55.1 Å². The lowest BCUT2D eigenvalue weighted by Crippen LogP contribution is -2.22. The third-order valence-electron chi connectivity index (χ3n) is 5.06. The van der Waals surface area contributed by atoms with Crippen LogP contribution >= 0.6 is 11.8 Å². The molecule has 0 saturated carbocycles. The number of rotatable bonds is 7.